The van der Waals surface area contributed by atoms with Gasteiger partial charge in [-0.25, -0.2) is 0 Å². The Morgan fingerprint density at radius 2 is 1.85 bits per heavy atom. The van der Waals surface area contributed by atoms with E-state index in [1.807, 2.05) is 31.2 Å². The third-order valence-electron chi connectivity index (χ3n) is 5.18. The maximum atomic E-state index is 12.5. The molecule has 2 aromatic carbocycles. The smallest absolute Gasteiger partial charge is 0.271 e. The summed E-state index contributed by atoms with van der Waals surface area (Å²) in [7, 11) is 0. The van der Waals surface area contributed by atoms with Crippen molar-refractivity contribution in [2.24, 2.45) is 5.92 Å². The third kappa shape index (κ3) is 4.92. The van der Waals surface area contributed by atoms with Crippen molar-refractivity contribution in [3.8, 4) is 0 Å². The molecule has 142 valence electrons. The molecule has 1 heterocycles. The van der Waals surface area contributed by atoms with Gasteiger partial charge in [0.15, 0.2) is 0 Å². The minimum absolute atomic E-state index is 0.0397. The molecule has 3 rings (SSSR count). The molecule has 0 saturated carbocycles. The molecular weight excluding hydrogens is 342 g/mol. The van der Waals surface area contributed by atoms with E-state index in [-0.39, 0.29) is 11.6 Å². The normalized spacial score (nSPS) is 15.5. The number of rotatable bonds is 5. The Bertz CT molecular complexity index is 825. The van der Waals surface area contributed by atoms with Crippen molar-refractivity contribution in [2.45, 2.75) is 33.2 Å². The molecule has 0 aromatic heterocycles. The second-order valence-electron chi connectivity index (χ2n) is 7.37. The molecule has 6 nitrogen and oxygen atoms in total. The van der Waals surface area contributed by atoms with Crippen LogP contribution in [0.1, 0.15) is 41.3 Å². The van der Waals surface area contributed by atoms with E-state index in [1.54, 1.807) is 6.07 Å². The zero-order valence-corrected chi connectivity index (χ0v) is 15.8. The Kier molecular flexibility index (Phi) is 5.86. The number of aryl methyl sites for hydroxylation is 1. The van der Waals surface area contributed by atoms with Gasteiger partial charge in [0.25, 0.3) is 11.6 Å². The number of anilines is 1. The fraction of sp³-hybridized carbons (Fsp3) is 0.381. The van der Waals surface area contributed by atoms with Crippen LogP contribution in [0.2, 0.25) is 0 Å². The Hall–Kier alpha value is -2.73. The highest BCUT2D eigenvalue weighted by Gasteiger charge is 2.16. The number of carbonyl (C=O) groups excluding carboxylic acids is 1. The lowest BCUT2D eigenvalue weighted by atomic mass is 9.99. The lowest BCUT2D eigenvalue weighted by molar-refractivity contribution is -0.384. The largest absolute Gasteiger partial charge is 0.321 e. The van der Waals surface area contributed by atoms with Gasteiger partial charge in [-0.15, -0.1) is 0 Å². The molecule has 1 N–H and O–H groups in total. The molecule has 1 saturated heterocycles. The first-order valence-electron chi connectivity index (χ1n) is 9.30. The number of nitro benzene ring substituents is 1. The lowest BCUT2D eigenvalue weighted by Gasteiger charge is -2.30. The third-order valence-corrected chi connectivity index (χ3v) is 5.18. The minimum Gasteiger partial charge on any atom is -0.321 e. The van der Waals surface area contributed by atoms with Crippen LogP contribution in [0.3, 0.4) is 0 Å². The standard InChI is InChI=1S/C21H25N3O3/c1-15-9-11-23(12-10-15)14-17-4-6-18(7-5-17)21(25)22-20-13-19(24(26)27)8-3-16(20)2/h3-8,13,15H,9-12,14H2,1-2H3,(H,22,25). The van der Waals surface area contributed by atoms with Crippen LogP contribution in [-0.4, -0.2) is 28.8 Å². The summed E-state index contributed by atoms with van der Waals surface area (Å²) in [5, 5.41) is 13.7. The van der Waals surface area contributed by atoms with Crippen molar-refractivity contribution in [1.82, 2.24) is 4.90 Å². The summed E-state index contributed by atoms with van der Waals surface area (Å²) in [5.74, 6) is 0.543. The van der Waals surface area contributed by atoms with Gasteiger partial charge in [-0.2, -0.15) is 0 Å². The number of non-ortho nitro benzene ring substituents is 1. The molecule has 2 aromatic rings. The Labute approximate surface area is 159 Å². The van der Waals surface area contributed by atoms with Gasteiger partial charge in [0.2, 0.25) is 0 Å². The quantitative estimate of drug-likeness (QED) is 0.628. The molecule has 6 heteroatoms. The second-order valence-corrected chi connectivity index (χ2v) is 7.37. The first-order valence-corrected chi connectivity index (χ1v) is 9.30. The van der Waals surface area contributed by atoms with Crippen molar-refractivity contribution in [3.05, 3.63) is 69.3 Å². The maximum absolute atomic E-state index is 12.5. The summed E-state index contributed by atoms with van der Waals surface area (Å²) in [6.45, 7) is 7.25. The number of likely N-dealkylation sites (tertiary alicyclic amines) is 1. The number of piperidine rings is 1. The van der Waals surface area contributed by atoms with Crippen LogP contribution in [0, 0.1) is 23.0 Å². The highest BCUT2D eigenvalue weighted by molar-refractivity contribution is 6.04. The summed E-state index contributed by atoms with van der Waals surface area (Å²) >= 11 is 0. The zero-order valence-electron chi connectivity index (χ0n) is 15.8. The first kappa shape index (κ1) is 19.0. The fourth-order valence-corrected chi connectivity index (χ4v) is 3.29. The molecule has 0 radical (unpaired) electrons. The average Bonchev–Trinajstić information content (AvgIpc) is 2.65. The fourth-order valence-electron chi connectivity index (χ4n) is 3.29. The van der Waals surface area contributed by atoms with Gasteiger partial charge in [0, 0.05) is 24.2 Å². The summed E-state index contributed by atoms with van der Waals surface area (Å²) < 4.78 is 0. The van der Waals surface area contributed by atoms with E-state index >= 15 is 0 Å². The molecule has 0 aliphatic carbocycles. The minimum atomic E-state index is -0.467. The molecule has 0 atom stereocenters. The van der Waals surface area contributed by atoms with Crippen LogP contribution in [0.5, 0.6) is 0 Å². The number of amides is 1. The van der Waals surface area contributed by atoms with E-state index < -0.39 is 4.92 Å². The predicted molar refractivity (Wildman–Crippen MR) is 106 cm³/mol. The molecule has 0 spiro atoms. The molecule has 0 unspecified atom stereocenters. The molecule has 1 aliphatic heterocycles. The van der Waals surface area contributed by atoms with Crippen molar-refractivity contribution in [1.29, 1.82) is 0 Å². The van der Waals surface area contributed by atoms with E-state index in [1.165, 1.54) is 30.5 Å². The molecular formula is C21H25N3O3. The summed E-state index contributed by atoms with van der Waals surface area (Å²) in [4.78, 5) is 25.4. The number of carbonyl (C=O) groups is 1. The highest BCUT2D eigenvalue weighted by Crippen LogP contribution is 2.23. The van der Waals surface area contributed by atoms with Crippen molar-refractivity contribution in [3.63, 3.8) is 0 Å². The van der Waals surface area contributed by atoms with Gasteiger partial charge in [-0.1, -0.05) is 25.1 Å². The zero-order chi connectivity index (χ0) is 19.4. The maximum Gasteiger partial charge on any atom is 0.271 e. The lowest BCUT2D eigenvalue weighted by Crippen LogP contribution is -2.32. The molecule has 27 heavy (non-hydrogen) atoms. The summed E-state index contributed by atoms with van der Waals surface area (Å²) in [6.07, 6.45) is 2.48. The van der Waals surface area contributed by atoms with Gasteiger partial charge in [0.1, 0.15) is 0 Å². The predicted octanol–water partition coefficient (Wildman–Crippen LogP) is 4.39. The number of nitrogens with zero attached hydrogens (tertiary/aromatic N) is 2. The molecule has 0 bridgehead atoms. The average molecular weight is 367 g/mol. The van der Waals surface area contributed by atoms with Crippen LogP contribution in [0.4, 0.5) is 11.4 Å². The Balaban J connectivity index is 1.64. The molecule has 1 amide bonds. The van der Waals surface area contributed by atoms with Gasteiger partial charge in [0.05, 0.1) is 10.6 Å². The van der Waals surface area contributed by atoms with Crippen molar-refractivity contribution in [2.75, 3.05) is 18.4 Å². The van der Waals surface area contributed by atoms with Crippen molar-refractivity contribution < 1.29 is 9.72 Å². The Morgan fingerprint density at radius 3 is 2.48 bits per heavy atom. The van der Waals surface area contributed by atoms with E-state index in [0.29, 0.717) is 11.3 Å². The number of nitro groups is 1. The van der Waals surface area contributed by atoms with Crippen molar-refractivity contribution >= 4 is 17.3 Å². The summed E-state index contributed by atoms with van der Waals surface area (Å²) in [5.41, 5.74) is 2.93. The highest BCUT2D eigenvalue weighted by atomic mass is 16.6. The van der Waals surface area contributed by atoms with E-state index in [0.717, 1.165) is 31.1 Å². The number of hydrogen-bond donors (Lipinski definition) is 1. The van der Waals surface area contributed by atoms with Gasteiger partial charge in [-0.3, -0.25) is 19.8 Å². The molecule has 1 aliphatic rings. The topological polar surface area (TPSA) is 75.5 Å². The number of hydrogen-bond acceptors (Lipinski definition) is 4. The number of nitrogens with one attached hydrogen (secondary N) is 1. The van der Waals surface area contributed by atoms with Gasteiger partial charge in [-0.05, 0) is 62.0 Å². The van der Waals surface area contributed by atoms with Crippen LogP contribution in [-0.2, 0) is 6.54 Å². The monoisotopic (exact) mass is 367 g/mol. The van der Waals surface area contributed by atoms with Gasteiger partial charge >= 0.3 is 0 Å². The van der Waals surface area contributed by atoms with Crippen LogP contribution in [0.15, 0.2) is 42.5 Å². The van der Waals surface area contributed by atoms with Crippen LogP contribution < -0.4 is 5.32 Å². The number of benzene rings is 2. The second kappa shape index (κ2) is 8.31. The SMILES string of the molecule is Cc1ccc([N+](=O)[O-])cc1NC(=O)c1ccc(CN2CCC(C)CC2)cc1. The van der Waals surface area contributed by atoms with E-state index in [9.17, 15) is 14.9 Å². The van der Waals surface area contributed by atoms with Crippen LogP contribution >= 0.6 is 0 Å². The molecule has 1 fully saturated rings. The summed E-state index contributed by atoms with van der Waals surface area (Å²) in [6, 6.07) is 12.0. The van der Waals surface area contributed by atoms with E-state index in [2.05, 4.69) is 17.1 Å². The Morgan fingerprint density at radius 1 is 1.19 bits per heavy atom. The van der Waals surface area contributed by atoms with Crippen LogP contribution in [0.25, 0.3) is 0 Å². The first-order chi connectivity index (χ1) is 12.9. The van der Waals surface area contributed by atoms with Gasteiger partial charge < -0.3 is 5.32 Å². The van der Waals surface area contributed by atoms with E-state index in [4.69, 9.17) is 0 Å².